The topological polar surface area (TPSA) is 61.6 Å². The molecule has 5 heteroatoms. The molecule has 30 heavy (non-hydrogen) atoms. The summed E-state index contributed by atoms with van der Waals surface area (Å²) in [7, 11) is 0. The van der Waals surface area contributed by atoms with Gasteiger partial charge in [-0.25, -0.2) is 4.98 Å². The van der Waals surface area contributed by atoms with Crippen molar-refractivity contribution in [2.24, 2.45) is 0 Å². The number of aromatic nitrogens is 2. The average molecular weight is 413 g/mol. The van der Waals surface area contributed by atoms with Crippen LogP contribution in [0.25, 0.3) is 22.0 Å². The van der Waals surface area contributed by atoms with E-state index in [1.54, 1.807) is 12.3 Å². The summed E-state index contributed by atoms with van der Waals surface area (Å²) in [5.74, 6) is 0. The molecular formula is C25H21ClN4. The van der Waals surface area contributed by atoms with Gasteiger partial charge in [0.25, 0.3) is 0 Å². The van der Waals surface area contributed by atoms with Gasteiger partial charge < -0.3 is 5.32 Å². The molecule has 0 saturated carbocycles. The minimum atomic E-state index is 0.0219. The molecule has 0 aliphatic rings. The number of nitriles is 1. The molecule has 1 unspecified atom stereocenters. The Kier molecular flexibility index (Phi) is 5.76. The highest BCUT2D eigenvalue weighted by Crippen LogP contribution is 2.30. The van der Waals surface area contributed by atoms with Gasteiger partial charge in [-0.1, -0.05) is 48.0 Å². The summed E-state index contributed by atoms with van der Waals surface area (Å²) in [5.41, 5.74) is 4.23. The first kappa shape index (κ1) is 20.0. The predicted octanol–water partition coefficient (Wildman–Crippen LogP) is 6.23. The van der Waals surface area contributed by atoms with Crippen LogP contribution in [0, 0.1) is 11.3 Å². The third-order valence-electron chi connectivity index (χ3n) is 5.20. The first-order valence-corrected chi connectivity index (χ1v) is 10.2. The number of hydrogen-bond donors (Lipinski definition) is 1. The van der Waals surface area contributed by atoms with Crippen molar-refractivity contribution >= 4 is 22.4 Å². The van der Waals surface area contributed by atoms with Crippen molar-refractivity contribution in [3.63, 3.8) is 0 Å². The monoisotopic (exact) mass is 412 g/mol. The van der Waals surface area contributed by atoms with E-state index in [1.165, 1.54) is 0 Å². The molecule has 2 heterocycles. The number of benzene rings is 2. The number of nitrogens with one attached hydrogen (secondary N) is 1. The molecule has 2 aromatic carbocycles. The van der Waals surface area contributed by atoms with Crippen LogP contribution in [0.4, 0.5) is 0 Å². The number of pyridine rings is 2. The maximum atomic E-state index is 9.04. The fraction of sp³-hybridized carbons (Fsp3) is 0.160. The van der Waals surface area contributed by atoms with Gasteiger partial charge in [-0.05, 0) is 55.1 Å². The Morgan fingerprint density at radius 1 is 0.967 bits per heavy atom. The van der Waals surface area contributed by atoms with E-state index in [0.29, 0.717) is 5.69 Å². The number of halogens is 1. The van der Waals surface area contributed by atoms with Gasteiger partial charge >= 0.3 is 0 Å². The van der Waals surface area contributed by atoms with Crippen molar-refractivity contribution in [1.29, 1.82) is 5.26 Å². The van der Waals surface area contributed by atoms with E-state index in [9.17, 15) is 0 Å². The lowest BCUT2D eigenvalue weighted by molar-refractivity contribution is 0.487. The molecule has 1 N–H and O–H groups in total. The molecule has 0 radical (unpaired) electrons. The fourth-order valence-corrected chi connectivity index (χ4v) is 3.79. The summed E-state index contributed by atoms with van der Waals surface area (Å²) in [6.45, 7) is 4.23. The van der Waals surface area contributed by atoms with Crippen molar-refractivity contribution in [1.82, 2.24) is 15.3 Å². The average Bonchev–Trinajstić information content (AvgIpc) is 2.78. The van der Waals surface area contributed by atoms with E-state index in [0.717, 1.165) is 38.3 Å². The Labute approximate surface area is 181 Å². The Morgan fingerprint density at radius 3 is 2.53 bits per heavy atom. The second-order valence-electron chi connectivity index (χ2n) is 7.33. The Morgan fingerprint density at radius 2 is 1.80 bits per heavy atom. The predicted molar refractivity (Wildman–Crippen MR) is 121 cm³/mol. The van der Waals surface area contributed by atoms with Gasteiger partial charge in [0.15, 0.2) is 0 Å². The number of rotatable bonds is 5. The normalized spacial score (nSPS) is 13.0. The van der Waals surface area contributed by atoms with Crippen LogP contribution in [0.15, 0.2) is 72.9 Å². The maximum absolute atomic E-state index is 9.04. The Bertz CT molecular complexity index is 1230. The summed E-state index contributed by atoms with van der Waals surface area (Å²) in [6, 6.07) is 24.0. The van der Waals surface area contributed by atoms with Gasteiger partial charge in [-0.3, -0.25) is 4.98 Å². The van der Waals surface area contributed by atoms with Crippen molar-refractivity contribution < 1.29 is 0 Å². The number of nitrogens with zero attached hydrogens (tertiary/aromatic N) is 3. The smallest absolute Gasteiger partial charge is 0.140 e. The van der Waals surface area contributed by atoms with Gasteiger partial charge in [0.2, 0.25) is 0 Å². The summed E-state index contributed by atoms with van der Waals surface area (Å²) in [6.07, 6.45) is 1.71. The van der Waals surface area contributed by atoms with Gasteiger partial charge in [-0.15, -0.1) is 0 Å². The van der Waals surface area contributed by atoms with E-state index in [4.69, 9.17) is 21.8 Å². The van der Waals surface area contributed by atoms with Crippen LogP contribution in [0.2, 0.25) is 5.02 Å². The molecule has 0 aliphatic carbocycles. The third-order valence-corrected chi connectivity index (χ3v) is 5.44. The molecule has 0 amide bonds. The third kappa shape index (κ3) is 4.18. The van der Waals surface area contributed by atoms with Crippen molar-refractivity contribution in [3.8, 4) is 17.3 Å². The number of hydrogen-bond acceptors (Lipinski definition) is 4. The maximum Gasteiger partial charge on any atom is 0.140 e. The molecule has 0 aliphatic heterocycles. The summed E-state index contributed by atoms with van der Waals surface area (Å²) >= 11 is 6.15. The molecular weight excluding hydrogens is 392 g/mol. The zero-order valence-corrected chi connectivity index (χ0v) is 17.6. The quantitative estimate of drug-likeness (QED) is 0.421. The van der Waals surface area contributed by atoms with Gasteiger partial charge in [0, 0.05) is 34.3 Å². The van der Waals surface area contributed by atoms with Crippen LogP contribution >= 0.6 is 11.6 Å². The van der Waals surface area contributed by atoms with Crippen LogP contribution in [0.3, 0.4) is 0 Å². The van der Waals surface area contributed by atoms with Crippen LogP contribution < -0.4 is 5.32 Å². The summed E-state index contributed by atoms with van der Waals surface area (Å²) in [4.78, 5) is 9.20. The van der Waals surface area contributed by atoms with E-state index < -0.39 is 0 Å². The second kappa shape index (κ2) is 8.62. The molecule has 0 bridgehead atoms. The minimum Gasteiger partial charge on any atom is -0.302 e. The van der Waals surface area contributed by atoms with Crippen LogP contribution in [0.1, 0.15) is 42.9 Å². The zero-order valence-electron chi connectivity index (χ0n) is 16.8. The van der Waals surface area contributed by atoms with E-state index in [2.05, 4.69) is 54.5 Å². The van der Waals surface area contributed by atoms with Gasteiger partial charge in [0.1, 0.15) is 11.8 Å². The molecule has 148 valence electrons. The first-order chi connectivity index (χ1) is 14.5. The van der Waals surface area contributed by atoms with E-state index in [-0.39, 0.29) is 12.1 Å². The largest absolute Gasteiger partial charge is 0.302 e. The first-order valence-electron chi connectivity index (χ1n) is 9.83. The second-order valence-corrected chi connectivity index (χ2v) is 7.76. The molecule has 4 rings (SSSR count). The van der Waals surface area contributed by atoms with E-state index >= 15 is 0 Å². The van der Waals surface area contributed by atoms with Crippen molar-refractivity contribution in [2.75, 3.05) is 0 Å². The Balaban J connectivity index is 1.71. The lowest BCUT2D eigenvalue weighted by Crippen LogP contribution is -2.23. The lowest BCUT2D eigenvalue weighted by Gasteiger charge is -2.21. The fourth-order valence-electron chi connectivity index (χ4n) is 3.59. The SMILES string of the molecule is CC(N[C@H](C)c1cccc(Cl)c1)c1cc2ccccc2c(-c2ccc(C#N)nc2)n1. The van der Waals surface area contributed by atoms with Crippen LogP contribution in [-0.2, 0) is 0 Å². The molecule has 0 fully saturated rings. The standard InChI is InChI=1S/C25H21ClN4/c1-16(18-7-5-8-21(26)12-18)29-17(2)24-13-19-6-3-4-9-23(19)25(30-24)20-10-11-22(14-27)28-15-20/h3-13,15-17,29H,1-2H3/t16-,17?/m1/s1. The lowest BCUT2D eigenvalue weighted by atomic mass is 10.0. The summed E-state index contributed by atoms with van der Waals surface area (Å²) < 4.78 is 0. The van der Waals surface area contributed by atoms with Crippen molar-refractivity contribution in [3.05, 3.63) is 94.9 Å². The molecule has 2 atom stereocenters. The Hall–Kier alpha value is -3.26. The highest BCUT2D eigenvalue weighted by Gasteiger charge is 2.16. The van der Waals surface area contributed by atoms with Crippen LogP contribution in [0.5, 0.6) is 0 Å². The van der Waals surface area contributed by atoms with Crippen LogP contribution in [-0.4, -0.2) is 9.97 Å². The number of fused-ring (bicyclic) bond motifs is 1. The molecule has 0 spiro atoms. The highest BCUT2D eigenvalue weighted by molar-refractivity contribution is 6.30. The molecule has 0 saturated heterocycles. The van der Waals surface area contributed by atoms with Crippen molar-refractivity contribution in [2.45, 2.75) is 25.9 Å². The van der Waals surface area contributed by atoms with Gasteiger partial charge in [-0.2, -0.15) is 5.26 Å². The highest BCUT2D eigenvalue weighted by atomic mass is 35.5. The zero-order chi connectivity index (χ0) is 21.1. The minimum absolute atomic E-state index is 0.0219. The molecule has 2 aromatic heterocycles. The van der Waals surface area contributed by atoms with E-state index in [1.807, 2.05) is 36.4 Å². The van der Waals surface area contributed by atoms with Gasteiger partial charge in [0.05, 0.1) is 11.4 Å². The molecule has 4 aromatic rings. The molecule has 4 nitrogen and oxygen atoms in total. The summed E-state index contributed by atoms with van der Waals surface area (Å²) in [5, 5.41) is 15.6.